The van der Waals surface area contributed by atoms with Gasteiger partial charge in [-0.25, -0.2) is 4.79 Å². The molecule has 20 heavy (non-hydrogen) atoms. The maximum atomic E-state index is 11.4. The number of nitrogens with two attached hydrogens (primary N) is 1. The van der Waals surface area contributed by atoms with Crippen molar-refractivity contribution in [3.63, 3.8) is 0 Å². The molecule has 0 atom stereocenters. The largest absolute Gasteiger partial charge is 0.444 e. The lowest BCUT2D eigenvalue weighted by atomic mass is 10.1. The number of carbonyl (C=O) groups is 1. The highest BCUT2D eigenvalue weighted by atomic mass is 16.6. The van der Waals surface area contributed by atoms with Crippen LogP contribution in [-0.2, 0) is 4.74 Å². The second-order valence-electron chi connectivity index (χ2n) is 5.88. The van der Waals surface area contributed by atoms with Crippen molar-refractivity contribution in [3.05, 3.63) is 23.3 Å². The van der Waals surface area contributed by atoms with Gasteiger partial charge in [-0.05, 0) is 57.9 Å². The molecule has 0 aliphatic carbocycles. The molecule has 1 amide bonds. The van der Waals surface area contributed by atoms with Gasteiger partial charge in [0, 0.05) is 13.1 Å². The fraction of sp³-hybridized carbons (Fsp3) is 0.533. The van der Waals surface area contributed by atoms with Crippen LogP contribution in [0.3, 0.4) is 0 Å². The fourth-order valence-electron chi connectivity index (χ4n) is 1.67. The zero-order valence-corrected chi connectivity index (χ0v) is 13.0. The van der Waals surface area contributed by atoms with Crippen LogP contribution < -0.4 is 16.4 Å². The highest BCUT2D eigenvalue weighted by Gasteiger charge is 2.15. The van der Waals surface area contributed by atoms with E-state index in [-0.39, 0.29) is 0 Å². The van der Waals surface area contributed by atoms with Gasteiger partial charge >= 0.3 is 6.09 Å². The normalized spacial score (nSPS) is 11.1. The van der Waals surface area contributed by atoms with E-state index in [9.17, 15) is 4.79 Å². The molecule has 0 aromatic heterocycles. The molecule has 5 heteroatoms. The van der Waals surface area contributed by atoms with Gasteiger partial charge in [-0.15, -0.1) is 0 Å². The number of nitrogen functional groups attached to an aromatic ring is 1. The number of hydrogen-bond donors (Lipinski definition) is 3. The molecule has 5 nitrogen and oxygen atoms in total. The summed E-state index contributed by atoms with van der Waals surface area (Å²) in [5, 5.41) is 5.89. The molecule has 0 bridgehead atoms. The van der Waals surface area contributed by atoms with Gasteiger partial charge in [-0.2, -0.15) is 0 Å². The number of benzene rings is 1. The van der Waals surface area contributed by atoms with Gasteiger partial charge in [-0.1, -0.05) is 0 Å². The Bertz CT molecular complexity index is 479. The van der Waals surface area contributed by atoms with Crippen molar-refractivity contribution in [1.82, 2.24) is 5.32 Å². The van der Waals surface area contributed by atoms with Crippen LogP contribution in [0.15, 0.2) is 12.1 Å². The number of ether oxygens (including phenoxy) is 1. The summed E-state index contributed by atoms with van der Waals surface area (Å²) in [4.78, 5) is 11.4. The van der Waals surface area contributed by atoms with Gasteiger partial charge in [0.2, 0.25) is 0 Å². The lowest BCUT2D eigenvalue weighted by molar-refractivity contribution is 0.0530. The summed E-state index contributed by atoms with van der Waals surface area (Å²) in [6.07, 6.45) is -0.410. The Morgan fingerprint density at radius 2 is 1.80 bits per heavy atom. The third kappa shape index (κ3) is 5.38. The molecular weight excluding hydrogens is 254 g/mol. The number of carbonyl (C=O) groups excluding carboxylic acids is 1. The summed E-state index contributed by atoms with van der Waals surface area (Å²) in [7, 11) is 0. The molecule has 0 fully saturated rings. The number of amides is 1. The standard InChI is InChI=1S/C15H25N3O2/c1-10-8-12(16)13(9-11(10)2)17-6-7-18-14(19)20-15(3,4)5/h8-9,17H,6-7,16H2,1-5H3,(H,18,19). The van der Waals surface area contributed by atoms with E-state index in [4.69, 9.17) is 10.5 Å². The minimum atomic E-state index is -0.476. The van der Waals surface area contributed by atoms with Gasteiger partial charge in [0.1, 0.15) is 5.60 Å². The van der Waals surface area contributed by atoms with Crippen molar-refractivity contribution in [3.8, 4) is 0 Å². The highest BCUT2D eigenvalue weighted by molar-refractivity contribution is 5.69. The number of aryl methyl sites for hydroxylation is 2. The average molecular weight is 279 g/mol. The first kappa shape index (κ1) is 16.1. The highest BCUT2D eigenvalue weighted by Crippen LogP contribution is 2.22. The Kier molecular flexibility index (Phi) is 5.25. The third-order valence-electron chi connectivity index (χ3n) is 2.77. The molecular formula is C15H25N3O2. The van der Waals surface area contributed by atoms with Crippen LogP contribution in [0.5, 0.6) is 0 Å². The molecule has 0 radical (unpaired) electrons. The number of nitrogens with one attached hydrogen (secondary N) is 2. The molecule has 0 unspecified atom stereocenters. The van der Waals surface area contributed by atoms with E-state index in [1.807, 2.05) is 46.8 Å². The van der Waals surface area contributed by atoms with E-state index in [1.54, 1.807) is 0 Å². The van der Waals surface area contributed by atoms with Crippen LogP contribution in [0.2, 0.25) is 0 Å². The van der Waals surface area contributed by atoms with Gasteiger partial charge in [-0.3, -0.25) is 0 Å². The maximum absolute atomic E-state index is 11.4. The van der Waals surface area contributed by atoms with Crippen molar-refractivity contribution < 1.29 is 9.53 Å². The Morgan fingerprint density at radius 3 is 2.40 bits per heavy atom. The molecule has 112 valence electrons. The minimum Gasteiger partial charge on any atom is -0.444 e. The van der Waals surface area contributed by atoms with Crippen molar-refractivity contribution in [2.75, 3.05) is 24.1 Å². The maximum Gasteiger partial charge on any atom is 0.407 e. The predicted octanol–water partition coefficient (Wildman–Crippen LogP) is 2.82. The second-order valence-corrected chi connectivity index (χ2v) is 5.88. The number of alkyl carbamates (subject to hydrolysis) is 1. The zero-order valence-electron chi connectivity index (χ0n) is 13.0. The van der Waals surface area contributed by atoms with E-state index in [2.05, 4.69) is 10.6 Å². The number of rotatable bonds is 4. The first-order chi connectivity index (χ1) is 9.19. The minimum absolute atomic E-state index is 0.410. The molecule has 0 saturated carbocycles. The van der Waals surface area contributed by atoms with Gasteiger partial charge < -0.3 is 21.1 Å². The molecule has 4 N–H and O–H groups in total. The van der Waals surface area contributed by atoms with Crippen molar-refractivity contribution in [2.24, 2.45) is 0 Å². The molecule has 0 spiro atoms. The van der Waals surface area contributed by atoms with Crippen molar-refractivity contribution in [1.29, 1.82) is 0 Å². The summed E-state index contributed by atoms with van der Waals surface area (Å²) in [5.74, 6) is 0. The van der Waals surface area contributed by atoms with Crippen LogP contribution in [-0.4, -0.2) is 24.8 Å². The molecule has 0 saturated heterocycles. The Morgan fingerprint density at radius 1 is 1.20 bits per heavy atom. The van der Waals surface area contributed by atoms with Gasteiger partial charge in [0.25, 0.3) is 0 Å². The lowest BCUT2D eigenvalue weighted by Crippen LogP contribution is -2.35. The van der Waals surface area contributed by atoms with E-state index in [1.165, 1.54) is 11.1 Å². The smallest absolute Gasteiger partial charge is 0.407 e. The van der Waals surface area contributed by atoms with Crippen LogP contribution in [0.25, 0.3) is 0 Å². The van der Waals surface area contributed by atoms with Gasteiger partial charge in [0.05, 0.1) is 11.4 Å². The summed E-state index contributed by atoms with van der Waals surface area (Å²) in [5.41, 5.74) is 9.42. The first-order valence-corrected chi connectivity index (χ1v) is 6.76. The molecule has 1 aromatic carbocycles. The summed E-state index contributed by atoms with van der Waals surface area (Å²) in [6, 6.07) is 3.96. The van der Waals surface area contributed by atoms with Crippen molar-refractivity contribution >= 4 is 17.5 Å². The predicted molar refractivity (Wildman–Crippen MR) is 83.1 cm³/mol. The van der Waals surface area contributed by atoms with E-state index >= 15 is 0 Å². The topological polar surface area (TPSA) is 76.4 Å². The zero-order chi connectivity index (χ0) is 15.3. The molecule has 1 aromatic rings. The lowest BCUT2D eigenvalue weighted by Gasteiger charge is -2.20. The number of hydrogen-bond acceptors (Lipinski definition) is 4. The van der Waals surface area contributed by atoms with Crippen LogP contribution in [0.4, 0.5) is 16.2 Å². The first-order valence-electron chi connectivity index (χ1n) is 6.76. The Labute approximate surface area is 120 Å². The van der Waals surface area contributed by atoms with E-state index < -0.39 is 11.7 Å². The van der Waals surface area contributed by atoms with Crippen LogP contribution in [0, 0.1) is 13.8 Å². The second kappa shape index (κ2) is 6.50. The average Bonchev–Trinajstić information content (AvgIpc) is 2.28. The quantitative estimate of drug-likeness (QED) is 0.585. The molecule has 1 rings (SSSR count). The third-order valence-corrected chi connectivity index (χ3v) is 2.77. The molecule has 0 aliphatic rings. The Balaban J connectivity index is 2.38. The summed E-state index contributed by atoms with van der Waals surface area (Å²) < 4.78 is 5.15. The number of anilines is 2. The van der Waals surface area contributed by atoms with Crippen LogP contribution in [0.1, 0.15) is 31.9 Å². The van der Waals surface area contributed by atoms with Gasteiger partial charge in [0.15, 0.2) is 0 Å². The van der Waals surface area contributed by atoms with Crippen molar-refractivity contribution in [2.45, 2.75) is 40.2 Å². The fourth-order valence-corrected chi connectivity index (χ4v) is 1.67. The van der Waals surface area contributed by atoms with Crippen LogP contribution >= 0.6 is 0 Å². The summed E-state index contributed by atoms with van der Waals surface area (Å²) in [6.45, 7) is 10.6. The summed E-state index contributed by atoms with van der Waals surface area (Å²) >= 11 is 0. The monoisotopic (exact) mass is 279 g/mol. The molecule has 0 heterocycles. The van der Waals surface area contributed by atoms with E-state index in [0.717, 1.165) is 5.69 Å². The Hall–Kier alpha value is -1.91. The SMILES string of the molecule is Cc1cc(N)c(NCCNC(=O)OC(C)(C)C)cc1C. The molecule has 0 aliphatic heterocycles. The van der Waals surface area contributed by atoms with E-state index in [0.29, 0.717) is 18.8 Å².